The van der Waals surface area contributed by atoms with Gasteiger partial charge in [-0.2, -0.15) is 0 Å². The topological polar surface area (TPSA) is 53.2 Å². The van der Waals surface area contributed by atoms with E-state index >= 15 is 0 Å². The van der Waals surface area contributed by atoms with Crippen LogP contribution in [0.1, 0.15) is 6.92 Å². The summed E-state index contributed by atoms with van der Waals surface area (Å²) in [6.45, 7) is 1.50. The molecule has 3 aromatic carbocycles. The maximum absolute atomic E-state index is 13.8. The van der Waals surface area contributed by atoms with Gasteiger partial charge in [0.1, 0.15) is 5.69 Å². The molecule has 0 aromatic heterocycles. The highest BCUT2D eigenvalue weighted by Gasteiger charge is 2.23. The van der Waals surface area contributed by atoms with E-state index in [9.17, 15) is 22.4 Å². The van der Waals surface area contributed by atoms with Crippen LogP contribution in [0.3, 0.4) is 0 Å². The summed E-state index contributed by atoms with van der Waals surface area (Å²) < 4.78 is 54.1. The molecule has 0 saturated heterocycles. The quantitative estimate of drug-likeness (QED) is 0.171. The van der Waals surface area contributed by atoms with Gasteiger partial charge in [0.2, 0.25) is 5.91 Å². The summed E-state index contributed by atoms with van der Waals surface area (Å²) in [6.07, 6.45) is 0. The van der Waals surface area contributed by atoms with Crippen molar-refractivity contribution in [2.75, 3.05) is 16.0 Å². The van der Waals surface area contributed by atoms with Crippen LogP contribution in [0.4, 0.5) is 34.6 Å². The maximum Gasteiger partial charge on any atom is 0.237 e. The standard InChI is InChI=1S/C22H17F4N3OS2/c1-12(21(30)29-20-18(25)16(23)11-17(24)19(20)26)32-15-9-7-14(8-10-15)28-22(31)27-13-5-3-2-4-6-13/h2-12H,1H3,(H,29,30)(H2,27,28,31). The van der Waals surface area contributed by atoms with E-state index in [4.69, 9.17) is 12.2 Å². The summed E-state index contributed by atoms with van der Waals surface area (Å²) in [6, 6.07) is 16.4. The Hall–Kier alpha value is -3.11. The second kappa shape index (κ2) is 10.5. The molecule has 0 bridgehead atoms. The van der Waals surface area contributed by atoms with Crippen molar-refractivity contribution in [2.24, 2.45) is 0 Å². The van der Waals surface area contributed by atoms with Crippen LogP contribution < -0.4 is 16.0 Å². The van der Waals surface area contributed by atoms with E-state index in [0.29, 0.717) is 15.7 Å². The first-order chi connectivity index (χ1) is 15.2. The summed E-state index contributed by atoms with van der Waals surface area (Å²) >= 11 is 6.36. The monoisotopic (exact) mass is 479 g/mol. The van der Waals surface area contributed by atoms with Crippen molar-refractivity contribution < 1.29 is 22.4 Å². The second-order valence-electron chi connectivity index (χ2n) is 6.56. The fraction of sp³-hybridized carbons (Fsp3) is 0.0909. The molecule has 0 heterocycles. The molecule has 3 rings (SSSR count). The molecule has 1 amide bonds. The molecule has 166 valence electrons. The van der Waals surface area contributed by atoms with Gasteiger partial charge in [-0.05, 0) is 55.5 Å². The number of rotatable bonds is 6. The number of carbonyl (C=O) groups excluding carboxylic acids is 1. The molecule has 1 atom stereocenters. The van der Waals surface area contributed by atoms with E-state index in [0.717, 1.165) is 17.4 Å². The minimum absolute atomic E-state index is 0.0785. The van der Waals surface area contributed by atoms with Crippen LogP contribution >= 0.6 is 24.0 Å². The third kappa shape index (κ3) is 5.98. The fourth-order valence-corrected chi connectivity index (χ4v) is 3.70. The van der Waals surface area contributed by atoms with Crippen molar-refractivity contribution in [3.63, 3.8) is 0 Å². The molecule has 3 N–H and O–H groups in total. The van der Waals surface area contributed by atoms with E-state index in [1.165, 1.54) is 6.92 Å². The van der Waals surface area contributed by atoms with Gasteiger partial charge >= 0.3 is 0 Å². The Balaban J connectivity index is 1.58. The summed E-state index contributed by atoms with van der Waals surface area (Å²) in [4.78, 5) is 13.0. The highest BCUT2D eigenvalue weighted by molar-refractivity contribution is 8.00. The highest BCUT2D eigenvalue weighted by atomic mass is 32.2. The van der Waals surface area contributed by atoms with Gasteiger partial charge in [0.15, 0.2) is 28.4 Å². The van der Waals surface area contributed by atoms with Crippen molar-refractivity contribution in [3.8, 4) is 0 Å². The molecule has 0 aliphatic rings. The van der Waals surface area contributed by atoms with Gasteiger partial charge in [0.25, 0.3) is 0 Å². The maximum atomic E-state index is 13.8. The Morgan fingerprint density at radius 1 is 0.844 bits per heavy atom. The van der Waals surface area contributed by atoms with Crippen LogP contribution in [0.2, 0.25) is 0 Å². The largest absolute Gasteiger partial charge is 0.332 e. The summed E-state index contributed by atoms with van der Waals surface area (Å²) in [5.74, 6) is -7.33. The number of nitrogens with one attached hydrogen (secondary N) is 3. The van der Waals surface area contributed by atoms with E-state index in [1.807, 2.05) is 35.6 Å². The third-order valence-corrected chi connectivity index (χ3v) is 5.50. The number of anilines is 3. The average molecular weight is 480 g/mol. The van der Waals surface area contributed by atoms with Crippen LogP contribution in [0.15, 0.2) is 65.6 Å². The third-order valence-electron chi connectivity index (χ3n) is 4.19. The Bertz CT molecular complexity index is 1100. The molecular formula is C22H17F4N3OS2. The minimum Gasteiger partial charge on any atom is -0.332 e. The lowest BCUT2D eigenvalue weighted by molar-refractivity contribution is -0.115. The van der Waals surface area contributed by atoms with Crippen molar-refractivity contribution in [1.29, 1.82) is 0 Å². The molecule has 32 heavy (non-hydrogen) atoms. The van der Waals surface area contributed by atoms with Gasteiger partial charge in [-0.1, -0.05) is 18.2 Å². The molecule has 0 aliphatic carbocycles. The second-order valence-corrected chi connectivity index (χ2v) is 8.38. The zero-order valence-electron chi connectivity index (χ0n) is 16.6. The number of amides is 1. The van der Waals surface area contributed by atoms with E-state index < -0.39 is 40.1 Å². The zero-order chi connectivity index (χ0) is 23.3. The molecule has 3 aromatic rings. The molecule has 0 aliphatic heterocycles. The SMILES string of the molecule is CC(Sc1ccc(NC(=S)Nc2ccccc2)cc1)C(=O)Nc1c(F)c(F)cc(F)c1F. The highest BCUT2D eigenvalue weighted by Crippen LogP contribution is 2.28. The zero-order valence-corrected chi connectivity index (χ0v) is 18.2. The van der Waals surface area contributed by atoms with E-state index in [-0.39, 0.29) is 6.07 Å². The Morgan fingerprint density at radius 3 is 1.94 bits per heavy atom. The smallest absolute Gasteiger partial charge is 0.237 e. The summed E-state index contributed by atoms with van der Waals surface area (Å²) in [7, 11) is 0. The molecule has 1 unspecified atom stereocenters. The minimum atomic E-state index is -1.66. The van der Waals surface area contributed by atoms with Gasteiger partial charge in [0, 0.05) is 22.3 Å². The van der Waals surface area contributed by atoms with Gasteiger partial charge in [-0.3, -0.25) is 4.79 Å². The Labute approximate surface area is 191 Å². The number of hydrogen-bond acceptors (Lipinski definition) is 3. The van der Waals surface area contributed by atoms with Crippen molar-refractivity contribution in [3.05, 3.63) is 83.9 Å². The van der Waals surface area contributed by atoms with Crippen LogP contribution in [-0.4, -0.2) is 16.3 Å². The number of carbonyl (C=O) groups is 1. The number of hydrogen-bond donors (Lipinski definition) is 3. The lowest BCUT2D eigenvalue weighted by atomic mass is 10.2. The number of halogens is 4. The molecule has 4 nitrogen and oxygen atoms in total. The number of para-hydroxylation sites is 1. The number of thioether (sulfide) groups is 1. The van der Waals surface area contributed by atoms with Gasteiger partial charge in [-0.25, -0.2) is 17.6 Å². The Kier molecular flexibility index (Phi) is 7.70. The first-order valence-corrected chi connectivity index (χ1v) is 10.6. The van der Waals surface area contributed by atoms with E-state index in [2.05, 4.69) is 10.6 Å². The van der Waals surface area contributed by atoms with Crippen molar-refractivity contribution in [1.82, 2.24) is 0 Å². The normalized spacial score (nSPS) is 11.5. The lowest BCUT2D eigenvalue weighted by Crippen LogP contribution is -2.24. The van der Waals surface area contributed by atoms with Crippen LogP contribution in [0.25, 0.3) is 0 Å². The first kappa shape index (κ1) is 23.6. The molecule has 0 saturated carbocycles. The summed E-state index contributed by atoms with van der Waals surface area (Å²) in [5, 5.41) is 7.57. The fourth-order valence-electron chi connectivity index (χ4n) is 2.60. The van der Waals surface area contributed by atoms with Crippen LogP contribution in [0.5, 0.6) is 0 Å². The lowest BCUT2D eigenvalue weighted by Gasteiger charge is -2.14. The van der Waals surface area contributed by atoms with Crippen LogP contribution in [0, 0.1) is 23.3 Å². The summed E-state index contributed by atoms with van der Waals surface area (Å²) in [5.41, 5.74) is 0.390. The van der Waals surface area contributed by atoms with Gasteiger partial charge in [0.05, 0.1) is 5.25 Å². The van der Waals surface area contributed by atoms with Gasteiger partial charge < -0.3 is 16.0 Å². The van der Waals surface area contributed by atoms with Crippen molar-refractivity contribution in [2.45, 2.75) is 17.1 Å². The Morgan fingerprint density at radius 2 is 1.38 bits per heavy atom. The number of benzene rings is 3. The van der Waals surface area contributed by atoms with Crippen molar-refractivity contribution >= 4 is 52.1 Å². The molecule has 10 heteroatoms. The average Bonchev–Trinajstić information content (AvgIpc) is 2.77. The van der Waals surface area contributed by atoms with Gasteiger partial charge in [-0.15, -0.1) is 11.8 Å². The van der Waals surface area contributed by atoms with Crippen LogP contribution in [-0.2, 0) is 4.79 Å². The molecule has 0 fully saturated rings. The molecule has 0 radical (unpaired) electrons. The van der Waals surface area contributed by atoms with E-state index in [1.54, 1.807) is 24.3 Å². The predicted octanol–water partition coefficient (Wildman–Crippen LogP) is 6.17. The first-order valence-electron chi connectivity index (χ1n) is 9.28. The molecular weight excluding hydrogens is 462 g/mol. The molecule has 0 spiro atoms. The number of thiocarbonyl (C=S) groups is 1. The predicted molar refractivity (Wildman–Crippen MR) is 123 cm³/mol.